The molecule has 0 atom stereocenters. The molecule has 20 heavy (non-hydrogen) atoms. The molecule has 0 radical (unpaired) electrons. The quantitative estimate of drug-likeness (QED) is 0.791. The monoisotopic (exact) mass is 339 g/mol. The molecule has 0 amide bonds. The summed E-state index contributed by atoms with van der Waals surface area (Å²) in [6.07, 6.45) is 1.65. The van der Waals surface area contributed by atoms with Gasteiger partial charge in [-0.1, -0.05) is 29.8 Å². The third-order valence-corrected chi connectivity index (χ3v) is 2.81. The first-order chi connectivity index (χ1) is 9.70. The molecule has 2 rings (SSSR count). The van der Waals surface area contributed by atoms with Crippen LogP contribution in [0.1, 0.15) is 20.8 Å². The van der Waals surface area contributed by atoms with Crippen LogP contribution in [0.3, 0.4) is 0 Å². The molecule has 0 aliphatic heterocycles. The van der Waals surface area contributed by atoms with Crippen LogP contribution in [0.4, 0.5) is 0 Å². The molecule has 0 saturated heterocycles. The smallest absolute Gasteiger partial charge is 0.344 e. The molecule has 2 aromatic rings. The summed E-state index contributed by atoms with van der Waals surface area (Å²) in [6, 6.07) is 7.43. The summed E-state index contributed by atoms with van der Waals surface area (Å²) in [4.78, 5) is 15.5. The lowest BCUT2D eigenvalue weighted by Gasteiger charge is -2.08. The molecule has 0 fully saturated rings. The Balaban J connectivity index is 0.000000956. The van der Waals surface area contributed by atoms with Gasteiger partial charge in [-0.05, 0) is 31.2 Å². The van der Waals surface area contributed by atoms with Crippen LogP contribution in [0.25, 0.3) is 10.9 Å². The topological polar surface area (TPSA) is 48.4 Å². The van der Waals surface area contributed by atoms with Gasteiger partial charge in [0.25, 0.3) is 0 Å². The molecule has 108 valence electrons. The first-order valence-electron chi connectivity index (χ1n) is 6.53. The van der Waals surface area contributed by atoms with Gasteiger partial charge in [0.15, 0.2) is 6.61 Å². The normalized spacial score (nSPS) is 9.60. The highest BCUT2D eigenvalue weighted by Crippen LogP contribution is 2.26. The van der Waals surface area contributed by atoms with Crippen LogP contribution in [0.2, 0.25) is 0 Å². The maximum atomic E-state index is 11.2. The summed E-state index contributed by atoms with van der Waals surface area (Å²) < 4.78 is 11.2. The van der Waals surface area contributed by atoms with Gasteiger partial charge in [-0.3, -0.25) is 4.98 Å². The van der Waals surface area contributed by atoms with Crippen molar-refractivity contribution in [1.29, 1.82) is 0 Å². The van der Waals surface area contributed by atoms with E-state index in [1.165, 1.54) is 0 Å². The van der Waals surface area contributed by atoms with E-state index in [4.69, 9.17) is 9.47 Å². The van der Waals surface area contributed by atoms with E-state index in [0.717, 1.165) is 15.4 Å². The lowest BCUT2D eigenvalue weighted by molar-refractivity contribution is -0.145. The van der Waals surface area contributed by atoms with E-state index in [0.29, 0.717) is 12.4 Å². The number of aromatic nitrogens is 1. The highest BCUT2D eigenvalue weighted by atomic mass is 79.9. The molecule has 0 aliphatic carbocycles. The summed E-state index contributed by atoms with van der Waals surface area (Å²) in [5.41, 5.74) is 0.819. The second kappa shape index (κ2) is 8.53. The largest absolute Gasteiger partial charge is 0.481 e. The first kappa shape index (κ1) is 16.4. The van der Waals surface area contributed by atoms with Gasteiger partial charge in [-0.2, -0.15) is 0 Å². The van der Waals surface area contributed by atoms with E-state index in [-0.39, 0.29) is 12.6 Å². The summed E-state index contributed by atoms with van der Waals surface area (Å²) in [6.45, 7) is 6.02. The maximum Gasteiger partial charge on any atom is 0.344 e. The molecular formula is C15H18BrNO3. The lowest BCUT2D eigenvalue weighted by atomic mass is 10.2. The Bertz CT molecular complexity index is 572. The fourth-order valence-electron chi connectivity index (χ4n) is 1.56. The van der Waals surface area contributed by atoms with Crippen LogP contribution in [-0.4, -0.2) is 24.2 Å². The number of fused-ring (bicyclic) bond motifs is 1. The number of halogens is 1. The van der Waals surface area contributed by atoms with E-state index >= 15 is 0 Å². The minimum Gasteiger partial charge on any atom is -0.481 e. The Kier molecular flexibility index (Phi) is 7.01. The Hall–Kier alpha value is -1.62. The van der Waals surface area contributed by atoms with Crippen molar-refractivity contribution in [2.24, 2.45) is 0 Å². The maximum absolute atomic E-state index is 11.2. The Labute approximate surface area is 127 Å². The average molecular weight is 340 g/mol. The highest BCUT2D eigenvalue weighted by Gasteiger charge is 2.07. The highest BCUT2D eigenvalue weighted by molar-refractivity contribution is 9.10. The molecule has 0 saturated carbocycles. The Morgan fingerprint density at radius 3 is 2.75 bits per heavy atom. The van der Waals surface area contributed by atoms with Crippen molar-refractivity contribution < 1.29 is 14.3 Å². The number of hydrogen-bond acceptors (Lipinski definition) is 4. The van der Waals surface area contributed by atoms with Crippen molar-refractivity contribution in [2.75, 3.05) is 13.2 Å². The lowest BCUT2D eigenvalue weighted by Crippen LogP contribution is -2.14. The van der Waals surface area contributed by atoms with E-state index in [9.17, 15) is 4.79 Å². The molecule has 0 bridgehead atoms. The third-order valence-electron chi connectivity index (χ3n) is 2.31. The first-order valence-corrected chi connectivity index (χ1v) is 7.32. The van der Waals surface area contributed by atoms with Gasteiger partial charge in [0.1, 0.15) is 5.75 Å². The number of ether oxygens (including phenoxy) is 2. The van der Waals surface area contributed by atoms with Crippen molar-refractivity contribution in [3.05, 3.63) is 34.9 Å². The number of carbonyl (C=O) groups is 1. The zero-order valence-electron chi connectivity index (χ0n) is 11.9. The minimum atomic E-state index is -0.377. The van der Waals surface area contributed by atoms with E-state index < -0.39 is 0 Å². The molecule has 0 unspecified atom stereocenters. The number of pyridine rings is 1. The summed E-state index contributed by atoms with van der Waals surface area (Å²) in [5.74, 6) is 0.242. The van der Waals surface area contributed by atoms with Crippen molar-refractivity contribution in [1.82, 2.24) is 4.98 Å². The number of nitrogens with zero attached hydrogens (tertiary/aromatic N) is 1. The average Bonchev–Trinajstić information content (AvgIpc) is 2.47. The van der Waals surface area contributed by atoms with E-state index in [1.54, 1.807) is 19.2 Å². The molecule has 0 N–H and O–H groups in total. The molecule has 4 nitrogen and oxygen atoms in total. The van der Waals surface area contributed by atoms with Crippen LogP contribution >= 0.6 is 15.9 Å². The number of rotatable bonds is 4. The molecule has 1 heterocycles. The predicted molar refractivity (Wildman–Crippen MR) is 82.9 cm³/mol. The minimum absolute atomic E-state index is 0.0978. The summed E-state index contributed by atoms with van der Waals surface area (Å²) in [7, 11) is 0. The van der Waals surface area contributed by atoms with Gasteiger partial charge < -0.3 is 9.47 Å². The Morgan fingerprint density at radius 2 is 2.05 bits per heavy atom. The van der Waals surface area contributed by atoms with Gasteiger partial charge in [-0.25, -0.2) is 4.79 Å². The summed E-state index contributed by atoms with van der Waals surface area (Å²) in [5, 5.41) is 0.858. The third kappa shape index (κ3) is 4.49. The van der Waals surface area contributed by atoms with E-state index in [1.807, 2.05) is 32.0 Å². The van der Waals surface area contributed by atoms with Gasteiger partial charge in [0, 0.05) is 16.1 Å². The van der Waals surface area contributed by atoms with Crippen molar-refractivity contribution >= 4 is 32.8 Å². The molecule has 0 spiro atoms. The van der Waals surface area contributed by atoms with Gasteiger partial charge in [0.2, 0.25) is 0 Å². The zero-order chi connectivity index (χ0) is 15.0. The number of benzene rings is 1. The van der Waals surface area contributed by atoms with Crippen LogP contribution in [0, 0.1) is 0 Å². The van der Waals surface area contributed by atoms with Crippen molar-refractivity contribution in [2.45, 2.75) is 20.8 Å². The molecular weight excluding hydrogens is 322 g/mol. The van der Waals surface area contributed by atoms with Gasteiger partial charge in [-0.15, -0.1) is 0 Å². The molecule has 0 aliphatic rings. The Morgan fingerprint density at radius 1 is 1.30 bits per heavy atom. The summed E-state index contributed by atoms with van der Waals surface area (Å²) >= 11 is 3.40. The second-order valence-corrected chi connectivity index (χ2v) is 4.48. The molecule has 1 aromatic carbocycles. The SMILES string of the molecule is CC.CCOC(=O)COc1ccnc2ccc(Br)cc12. The van der Waals surface area contributed by atoms with Crippen molar-refractivity contribution in [3.8, 4) is 5.75 Å². The van der Waals surface area contributed by atoms with Crippen molar-refractivity contribution in [3.63, 3.8) is 0 Å². The fraction of sp³-hybridized carbons (Fsp3) is 0.333. The van der Waals surface area contributed by atoms with Crippen LogP contribution < -0.4 is 4.74 Å². The predicted octanol–water partition coefficient (Wildman–Crippen LogP) is 3.97. The van der Waals surface area contributed by atoms with Crippen LogP contribution in [0.15, 0.2) is 34.9 Å². The zero-order valence-corrected chi connectivity index (χ0v) is 13.4. The molecule has 1 aromatic heterocycles. The van der Waals surface area contributed by atoms with Crippen LogP contribution in [0.5, 0.6) is 5.75 Å². The number of carbonyl (C=O) groups excluding carboxylic acids is 1. The second-order valence-electron chi connectivity index (χ2n) is 3.56. The van der Waals surface area contributed by atoms with Gasteiger partial charge in [0.05, 0.1) is 12.1 Å². The van der Waals surface area contributed by atoms with Gasteiger partial charge >= 0.3 is 5.97 Å². The number of hydrogen-bond donors (Lipinski definition) is 0. The number of esters is 1. The molecule has 5 heteroatoms. The standard InChI is InChI=1S/C13H12BrNO3.C2H6/c1-2-17-13(16)8-18-12-5-6-15-11-4-3-9(14)7-10(11)12;1-2/h3-7H,2,8H2,1H3;1-2H3. The van der Waals surface area contributed by atoms with E-state index in [2.05, 4.69) is 20.9 Å². The fourth-order valence-corrected chi connectivity index (χ4v) is 1.92. The van der Waals surface area contributed by atoms with Crippen LogP contribution in [-0.2, 0) is 9.53 Å².